The first-order valence-electron chi connectivity index (χ1n) is 6.64. The van der Waals surface area contributed by atoms with Crippen molar-refractivity contribution in [3.8, 4) is 0 Å². The first-order chi connectivity index (χ1) is 8.67. The second-order valence-corrected chi connectivity index (χ2v) is 4.47. The van der Waals surface area contributed by atoms with Gasteiger partial charge in [-0.25, -0.2) is 4.98 Å². The van der Waals surface area contributed by atoms with Crippen molar-refractivity contribution >= 4 is 17.4 Å². The number of nitrogens with one attached hydrogen (secondary N) is 1. The molecule has 0 saturated carbocycles. The molecule has 0 fully saturated rings. The quantitative estimate of drug-likeness (QED) is 0.807. The summed E-state index contributed by atoms with van der Waals surface area (Å²) in [4.78, 5) is 17.8. The summed E-state index contributed by atoms with van der Waals surface area (Å²) in [6.45, 7) is 5.19. The first kappa shape index (κ1) is 14.5. The van der Waals surface area contributed by atoms with Gasteiger partial charge in [-0.15, -0.1) is 0 Å². The van der Waals surface area contributed by atoms with Gasteiger partial charge in [-0.3, -0.25) is 4.79 Å². The number of hydrogen-bond acceptors (Lipinski definition) is 3. The molecule has 0 saturated heterocycles. The molecule has 1 aromatic rings. The molecule has 0 unspecified atom stereocenters. The molecule has 4 heteroatoms. The van der Waals surface area contributed by atoms with Gasteiger partial charge in [0.25, 0.3) is 0 Å². The molecule has 1 amide bonds. The van der Waals surface area contributed by atoms with Crippen molar-refractivity contribution in [3.63, 3.8) is 0 Å². The fourth-order valence-electron chi connectivity index (χ4n) is 1.64. The van der Waals surface area contributed by atoms with E-state index in [1.807, 2.05) is 19.1 Å². The largest absolute Gasteiger partial charge is 0.373 e. The van der Waals surface area contributed by atoms with Crippen LogP contribution in [-0.2, 0) is 4.79 Å². The Morgan fingerprint density at radius 1 is 1.33 bits per heavy atom. The molecule has 1 aromatic heterocycles. The van der Waals surface area contributed by atoms with Crippen LogP contribution >= 0.6 is 0 Å². The van der Waals surface area contributed by atoms with Crippen molar-refractivity contribution in [2.45, 2.75) is 39.5 Å². The van der Waals surface area contributed by atoms with Crippen molar-refractivity contribution in [2.24, 2.45) is 0 Å². The average molecular weight is 249 g/mol. The molecule has 0 aliphatic carbocycles. The lowest BCUT2D eigenvalue weighted by Crippen LogP contribution is -2.18. The number of carbonyl (C=O) groups is 1. The van der Waals surface area contributed by atoms with E-state index in [0.29, 0.717) is 12.2 Å². The van der Waals surface area contributed by atoms with Crippen LogP contribution in [0.3, 0.4) is 0 Å². The SMILES string of the molecule is CCCCN(C)c1ccc(NC(=O)CCC)nc1. The predicted octanol–water partition coefficient (Wildman–Crippen LogP) is 3.06. The maximum absolute atomic E-state index is 11.4. The van der Waals surface area contributed by atoms with Crippen molar-refractivity contribution in [2.75, 3.05) is 23.8 Å². The fourth-order valence-corrected chi connectivity index (χ4v) is 1.64. The molecule has 0 spiro atoms. The normalized spacial score (nSPS) is 10.2. The van der Waals surface area contributed by atoms with E-state index in [4.69, 9.17) is 0 Å². The van der Waals surface area contributed by atoms with Crippen LogP contribution in [0.15, 0.2) is 18.3 Å². The Morgan fingerprint density at radius 2 is 2.11 bits per heavy atom. The fraction of sp³-hybridized carbons (Fsp3) is 0.571. The molecule has 100 valence electrons. The molecule has 0 aromatic carbocycles. The van der Waals surface area contributed by atoms with E-state index in [1.165, 1.54) is 12.8 Å². The molecule has 0 aliphatic rings. The van der Waals surface area contributed by atoms with Crippen LogP contribution in [0.1, 0.15) is 39.5 Å². The second kappa shape index (κ2) is 7.69. The molecule has 0 radical (unpaired) electrons. The van der Waals surface area contributed by atoms with E-state index in [9.17, 15) is 4.79 Å². The van der Waals surface area contributed by atoms with Crippen molar-refractivity contribution in [1.82, 2.24) is 4.98 Å². The zero-order chi connectivity index (χ0) is 13.4. The Morgan fingerprint density at radius 3 is 2.67 bits per heavy atom. The maximum Gasteiger partial charge on any atom is 0.225 e. The van der Waals surface area contributed by atoms with Crippen LogP contribution in [0.25, 0.3) is 0 Å². The van der Waals surface area contributed by atoms with Crippen LogP contribution in [0.4, 0.5) is 11.5 Å². The summed E-state index contributed by atoms with van der Waals surface area (Å²) >= 11 is 0. The summed E-state index contributed by atoms with van der Waals surface area (Å²) in [5.41, 5.74) is 1.08. The van der Waals surface area contributed by atoms with E-state index in [-0.39, 0.29) is 5.91 Å². The summed E-state index contributed by atoms with van der Waals surface area (Å²) < 4.78 is 0. The lowest BCUT2D eigenvalue weighted by Gasteiger charge is -2.18. The highest BCUT2D eigenvalue weighted by atomic mass is 16.1. The number of aromatic nitrogens is 1. The molecule has 1 rings (SSSR count). The third kappa shape index (κ3) is 4.73. The smallest absolute Gasteiger partial charge is 0.225 e. The van der Waals surface area contributed by atoms with E-state index in [2.05, 4.69) is 29.2 Å². The highest BCUT2D eigenvalue weighted by molar-refractivity contribution is 5.89. The molecule has 18 heavy (non-hydrogen) atoms. The average Bonchev–Trinajstić information content (AvgIpc) is 2.37. The van der Waals surface area contributed by atoms with Crippen LogP contribution in [0, 0.1) is 0 Å². The van der Waals surface area contributed by atoms with Crippen molar-refractivity contribution < 1.29 is 4.79 Å². The number of anilines is 2. The van der Waals surface area contributed by atoms with Gasteiger partial charge in [0, 0.05) is 20.0 Å². The topological polar surface area (TPSA) is 45.2 Å². The van der Waals surface area contributed by atoms with Crippen LogP contribution in [0.2, 0.25) is 0 Å². The van der Waals surface area contributed by atoms with Gasteiger partial charge in [0.15, 0.2) is 0 Å². The van der Waals surface area contributed by atoms with Crippen molar-refractivity contribution in [1.29, 1.82) is 0 Å². The zero-order valence-electron chi connectivity index (χ0n) is 11.6. The summed E-state index contributed by atoms with van der Waals surface area (Å²) in [6, 6.07) is 3.84. The molecule has 0 bridgehead atoms. The van der Waals surface area contributed by atoms with Gasteiger partial charge >= 0.3 is 0 Å². The number of amides is 1. The Balaban J connectivity index is 2.54. The molecule has 0 aliphatic heterocycles. The number of hydrogen-bond donors (Lipinski definition) is 1. The first-order valence-corrected chi connectivity index (χ1v) is 6.64. The zero-order valence-corrected chi connectivity index (χ0v) is 11.6. The lowest BCUT2D eigenvalue weighted by molar-refractivity contribution is -0.116. The van der Waals surface area contributed by atoms with Crippen LogP contribution < -0.4 is 10.2 Å². The highest BCUT2D eigenvalue weighted by Crippen LogP contribution is 2.14. The number of rotatable bonds is 7. The van der Waals surface area contributed by atoms with E-state index < -0.39 is 0 Å². The minimum Gasteiger partial charge on any atom is -0.373 e. The minimum atomic E-state index is 0.0251. The molecule has 1 N–H and O–H groups in total. The summed E-state index contributed by atoms with van der Waals surface area (Å²) in [6.07, 6.45) is 5.55. The van der Waals surface area contributed by atoms with Gasteiger partial charge in [0.05, 0.1) is 11.9 Å². The van der Waals surface area contributed by atoms with E-state index >= 15 is 0 Å². The summed E-state index contributed by atoms with van der Waals surface area (Å²) in [5.74, 6) is 0.651. The van der Waals surface area contributed by atoms with E-state index in [0.717, 1.165) is 18.7 Å². The lowest BCUT2D eigenvalue weighted by atomic mass is 10.3. The predicted molar refractivity (Wildman–Crippen MR) is 76.0 cm³/mol. The Bertz CT molecular complexity index is 362. The van der Waals surface area contributed by atoms with E-state index in [1.54, 1.807) is 6.20 Å². The number of carbonyl (C=O) groups excluding carboxylic acids is 1. The Kier molecular flexibility index (Phi) is 6.19. The third-order valence-electron chi connectivity index (χ3n) is 2.78. The van der Waals surface area contributed by atoms with Crippen LogP contribution in [-0.4, -0.2) is 24.5 Å². The van der Waals surface area contributed by atoms with Gasteiger partial charge in [-0.05, 0) is 25.0 Å². The highest BCUT2D eigenvalue weighted by Gasteiger charge is 2.04. The molecular weight excluding hydrogens is 226 g/mol. The van der Waals surface area contributed by atoms with Gasteiger partial charge in [-0.2, -0.15) is 0 Å². The number of unbranched alkanes of at least 4 members (excludes halogenated alkanes) is 1. The Hall–Kier alpha value is -1.58. The Labute approximate surface area is 109 Å². The number of pyridine rings is 1. The maximum atomic E-state index is 11.4. The molecular formula is C14H23N3O. The van der Waals surface area contributed by atoms with Gasteiger partial charge in [-0.1, -0.05) is 20.3 Å². The summed E-state index contributed by atoms with van der Waals surface area (Å²) in [7, 11) is 2.06. The standard InChI is InChI=1S/C14H23N3O/c1-4-6-10-17(3)12-8-9-13(15-11-12)16-14(18)7-5-2/h8-9,11H,4-7,10H2,1-3H3,(H,15,16,18). The van der Waals surface area contributed by atoms with Crippen molar-refractivity contribution in [3.05, 3.63) is 18.3 Å². The monoisotopic (exact) mass is 249 g/mol. The van der Waals surface area contributed by atoms with Gasteiger partial charge in [0.1, 0.15) is 5.82 Å². The molecule has 1 heterocycles. The minimum absolute atomic E-state index is 0.0251. The van der Waals surface area contributed by atoms with Gasteiger partial charge in [0.2, 0.25) is 5.91 Å². The molecule has 0 atom stereocenters. The third-order valence-corrected chi connectivity index (χ3v) is 2.78. The molecule has 4 nitrogen and oxygen atoms in total. The van der Waals surface area contributed by atoms with Gasteiger partial charge < -0.3 is 10.2 Å². The number of nitrogens with zero attached hydrogens (tertiary/aromatic N) is 2. The van der Waals surface area contributed by atoms with Crippen LogP contribution in [0.5, 0.6) is 0 Å². The summed E-state index contributed by atoms with van der Waals surface area (Å²) in [5, 5.41) is 2.78. The second-order valence-electron chi connectivity index (χ2n) is 4.47.